The second-order valence-electron chi connectivity index (χ2n) is 8.13. The SMILES string of the molecule is CC(=O)N(C)N(Cc1ccc(C(F)(F)F)cn1)C(=O)c1cc2c3c(c(N)nc2cc1F)[C@@H](C)OC3. The van der Waals surface area contributed by atoms with Gasteiger partial charge in [-0.15, -0.1) is 0 Å². The number of fused-ring (bicyclic) bond motifs is 3. The van der Waals surface area contributed by atoms with E-state index < -0.39 is 29.4 Å². The zero-order valence-electron chi connectivity index (χ0n) is 19.0. The number of nitrogens with zero attached hydrogens (tertiary/aromatic N) is 4. The van der Waals surface area contributed by atoms with Gasteiger partial charge in [-0.1, -0.05) is 0 Å². The van der Waals surface area contributed by atoms with Crippen molar-refractivity contribution in [1.29, 1.82) is 0 Å². The molecule has 2 aromatic heterocycles. The maximum atomic E-state index is 15.1. The lowest BCUT2D eigenvalue weighted by atomic mass is 9.99. The van der Waals surface area contributed by atoms with Gasteiger partial charge in [-0.05, 0) is 30.7 Å². The number of hydrogen-bond acceptors (Lipinski definition) is 6. The van der Waals surface area contributed by atoms with Gasteiger partial charge in [0.05, 0.1) is 41.6 Å². The highest BCUT2D eigenvalue weighted by molar-refractivity contribution is 6.00. The molecule has 0 aliphatic carbocycles. The molecule has 12 heteroatoms. The lowest BCUT2D eigenvalue weighted by molar-refractivity contribution is -0.140. The molecule has 3 aromatic rings. The van der Waals surface area contributed by atoms with E-state index in [4.69, 9.17) is 10.5 Å². The first-order valence-electron chi connectivity index (χ1n) is 10.5. The van der Waals surface area contributed by atoms with Crippen LogP contribution < -0.4 is 5.73 Å². The van der Waals surface area contributed by atoms with E-state index in [1.165, 1.54) is 20.0 Å². The van der Waals surface area contributed by atoms with Gasteiger partial charge in [0.1, 0.15) is 11.6 Å². The van der Waals surface area contributed by atoms with Crippen molar-refractivity contribution >= 4 is 28.5 Å². The van der Waals surface area contributed by atoms with E-state index >= 15 is 4.39 Å². The molecule has 8 nitrogen and oxygen atoms in total. The smallest absolute Gasteiger partial charge is 0.383 e. The number of benzene rings is 1. The number of hydrazine groups is 1. The van der Waals surface area contributed by atoms with Crippen molar-refractivity contribution in [1.82, 2.24) is 20.0 Å². The van der Waals surface area contributed by atoms with Crippen LogP contribution in [0.1, 0.15) is 52.7 Å². The third kappa shape index (κ3) is 4.48. The third-order valence-corrected chi connectivity index (χ3v) is 5.88. The maximum Gasteiger partial charge on any atom is 0.417 e. The van der Waals surface area contributed by atoms with Crippen molar-refractivity contribution in [3.63, 3.8) is 0 Å². The van der Waals surface area contributed by atoms with Crippen LogP contribution in [0.25, 0.3) is 10.9 Å². The molecule has 184 valence electrons. The predicted octanol–water partition coefficient (Wildman–Crippen LogP) is 4.00. The van der Waals surface area contributed by atoms with Gasteiger partial charge in [0.2, 0.25) is 5.91 Å². The molecule has 0 bridgehead atoms. The monoisotopic (exact) mass is 491 g/mol. The molecule has 2 N–H and O–H groups in total. The first kappa shape index (κ1) is 24.3. The van der Waals surface area contributed by atoms with E-state index in [0.717, 1.165) is 28.2 Å². The van der Waals surface area contributed by atoms with Gasteiger partial charge in [0.25, 0.3) is 5.91 Å². The number of hydrogen-bond donors (Lipinski definition) is 1. The van der Waals surface area contributed by atoms with Crippen LogP contribution in [0.2, 0.25) is 0 Å². The largest absolute Gasteiger partial charge is 0.417 e. The fourth-order valence-electron chi connectivity index (χ4n) is 3.91. The minimum Gasteiger partial charge on any atom is -0.383 e. The summed E-state index contributed by atoms with van der Waals surface area (Å²) in [6.07, 6.45) is -4.27. The van der Waals surface area contributed by atoms with Gasteiger partial charge in [-0.2, -0.15) is 13.2 Å². The number of carbonyl (C=O) groups is 2. The van der Waals surface area contributed by atoms with E-state index in [0.29, 0.717) is 22.7 Å². The van der Waals surface area contributed by atoms with Crippen molar-refractivity contribution < 1.29 is 31.9 Å². The van der Waals surface area contributed by atoms with Crippen molar-refractivity contribution in [3.8, 4) is 0 Å². The number of carbonyl (C=O) groups excluding carboxylic acids is 2. The summed E-state index contributed by atoms with van der Waals surface area (Å²) in [4.78, 5) is 33.5. The Bertz CT molecular complexity index is 1330. The molecule has 0 spiro atoms. The molecule has 0 unspecified atom stereocenters. The van der Waals surface area contributed by atoms with Gasteiger partial charge >= 0.3 is 6.18 Å². The minimum absolute atomic E-state index is 0.0678. The van der Waals surface area contributed by atoms with Gasteiger partial charge in [0.15, 0.2) is 0 Å². The van der Waals surface area contributed by atoms with Crippen LogP contribution in [-0.4, -0.2) is 38.8 Å². The summed E-state index contributed by atoms with van der Waals surface area (Å²) >= 11 is 0. The molecule has 0 radical (unpaired) electrons. The lowest BCUT2D eigenvalue weighted by Crippen LogP contribution is -2.46. The first-order chi connectivity index (χ1) is 16.4. The van der Waals surface area contributed by atoms with E-state index in [-0.39, 0.29) is 41.8 Å². The zero-order chi connectivity index (χ0) is 25.7. The number of rotatable bonds is 3. The van der Waals surface area contributed by atoms with Crippen LogP contribution in [-0.2, 0) is 28.9 Å². The second kappa shape index (κ2) is 8.77. The van der Waals surface area contributed by atoms with Gasteiger partial charge in [0, 0.05) is 37.2 Å². The lowest BCUT2D eigenvalue weighted by Gasteiger charge is -2.31. The van der Waals surface area contributed by atoms with Crippen LogP contribution in [0.15, 0.2) is 30.5 Å². The number of nitrogens with two attached hydrogens (primary N) is 1. The Morgan fingerprint density at radius 1 is 1.26 bits per heavy atom. The molecule has 35 heavy (non-hydrogen) atoms. The summed E-state index contributed by atoms with van der Waals surface area (Å²) in [5, 5.41) is 2.33. The van der Waals surface area contributed by atoms with E-state index in [1.54, 1.807) is 6.92 Å². The summed E-state index contributed by atoms with van der Waals surface area (Å²) in [6.45, 7) is 2.82. The predicted molar refractivity (Wildman–Crippen MR) is 117 cm³/mol. The molecule has 1 aromatic carbocycles. The highest BCUT2D eigenvalue weighted by Gasteiger charge is 2.32. The highest BCUT2D eigenvalue weighted by atomic mass is 19.4. The Kier molecular flexibility index (Phi) is 6.09. The zero-order valence-corrected chi connectivity index (χ0v) is 19.0. The molecular weight excluding hydrogens is 470 g/mol. The summed E-state index contributed by atoms with van der Waals surface area (Å²) in [6, 6.07) is 4.30. The normalized spacial score (nSPS) is 15.2. The molecular formula is C23H21F4N5O3. The summed E-state index contributed by atoms with van der Waals surface area (Å²) in [5.74, 6) is -2.13. The number of ether oxygens (including phenoxy) is 1. The third-order valence-electron chi connectivity index (χ3n) is 5.88. The average Bonchev–Trinajstić information content (AvgIpc) is 3.18. The minimum atomic E-state index is -4.58. The number of anilines is 1. The van der Waals surface area contributed by atoms with E-state index in [2.05, 4.69) is 9.97 Å². The Hall–Kier alpha value is -3.80. The number of halogens is 4. The van der Waals surface area contributed by atoms with Crippen molar-refractivity contribution in [3.05, 3.63) is 64.2 Å². The van der Waals surface area contributed by atoms with Crippen LogP contribution in [0.4, 0.5) is 23.4 Å². The fraction of sp³-hybridized carbons (Fsp3) is 0.304. The number of nitrogen functional groups attached to an aromatic ring is 1. The summed E-state index contributed by atoms with van der Waals surface area (Å²) < 4.78 is 59.3. The number of aromatic nitrogens is 2. The Balaban J connectivity index is 1.75. The average molecular weight is 491 g/mol. The Labute approximate surface area is 197 Å². The molecule has 1 aliphatic heterocycles. The molecule has 2 amide bonds. The van der Waals surface area contributed by atoms with Crippen molar-refractivity contribution in [2.24, 2.45) is 0 Å². The molecule has 1 atom stereocenters. The van der Waals surface area contributed by atoms with Gasteiger partial charge in [-0.3, -0.25) is 19.6 Å². The number of amides is 2. The first-order valence-corrected chi connectivity index (χ1v) is 10.5. The number of pyridine rings is 2. The van der Waals surface area contributed by atoms with Crippen molar-refractivity contribution in [2.75, 3.05) is 12.8 Å². The van der Waals surface area contributed by atoms with E-state index in [1.807, 2.05) is 0 Å². The van der Waals surface area contributed by atoms with Gasteiger partial charge < -0.3 is 10.5 Å². The van der Waals surface area contributed by atoms with Crippen LogP contribution in [0, 0.1) is 5.82 Å². The fourth-order valence-corrected chi connectivity index (χ4v) is 3.91. The molecule has 3 heterocycles. The second-order valence-corrected chi connectivity index (χ2v) is 8.13. The van der Waals surface area contributed by atoms with Crippen LogP contribution in [0.3, 0.4) is 0 Å². The number of alkyl halides is 3. The highest BCUT2D eigenvalue weighted by Crippen LogP contribution is 2.38. The Morgan fingerprint density at radius 2 is 1.97 bits per heavy atom. The topological polar surface area (TPSA) is 102 Å². The summed E-state index contributed by atoms with van der Waals surface area (Å²) in [5.41, 5.74) is 6.35. The molecule has 4 rings (SSSR count). The standard InChI is InChI=1S/C23H21F4N5O3/c1-11-20-17(10-35-11)15-6-16(18(24)7-19(15)30-21(20)28)22(34)32(31(3)12(2)33)9-14-5-4-13(8-29-14)23(25,26)27/h4-8,11H,9-10H2,1-3H3,(H2,28,30)/t11-/m1/s1. The maximum absolute atomic E-state index is 15.1. The summed E-state index contributed by atoms with van der Waals surface area (Å²) in [7, 11) is 1.29. The molecule has 0 saturated heterocycles. The quantitative estimate of drug-likeness (QED) is 0.439. The molecule has 0 saturated carbocycles. The van der Waals surface area contributed by atoms with Gasteiger partial charge in [-0.25, -0.2) is 14.4 Å². The van der Waals surface area contributed by atoms with Crippen LogP contribution in [0.5, 0.6) is 0 Å². The Morgan fingerprint density at radius 3 is 2.57 bits per heavy atom. The van der Waals surface area contributed by atoms with Crippen LogP contribution >= 0.6 is 0 Å². The van der Waals surface area contributed by atoms with Crippen molar-refractivity contribution in [2.45, 2.75) is 39.3 Å². The molecule has 0 fully saturated rings. The molecule has 1 aliphatic rings. The van der Waals surface area contributed by atoms with E-state index in [9.17, 15) is 22.8 Å².